The number of carboxylic acid groups (broad SMARTS) is 1. The molecule has 1 fully saturated rings. The summed E-state index contributed by atoms with van der Waals surface area (Å²) in [6.45, 7) is 8.64. The summed E-state index contributed by atoms with van der Waals surface area (Å²) in [6.07, 6.45) is 0.724. The molecule has 1 unspecified atom stereocenters. The number of anilines is 1. The molecule has 210 valence electrons. The van der Waals surface area contributed by atoms with Crippen LogP contribution >= 0.6 is 0 Å². The molecule has 0 saturated carbocycles. The minimum atomic E-state index is -0.993. The summed E-state index contributed by atoms with van der Waals surface area (Å²) in [5.41, 5.74) is 3.21. The van der Waals surface area contributed by atoms with Gasteiger partial charge in [0, 0.05) is 37.4 Å². The zero-order valence-electron chi connectivity index (χ0n) is 23.6. The van der Waals surface area contributed by atoms with Crippen molar-refractivity contribution in [3.05, 3.63) is 69.9 Å². The lowest BCUT2D eigenvalue weighted by Gasteiger charge is -2.39. The lowest BCUT2D eigenvalue weighted by atomic mass is 10.0. The fourth-order valence-corrected chi connectivity index (χ4v) is 5.41. The molecule has 1 saturated heterocycles. The van der Waals surface area contributed by atoms with E-state index in [1.54, 1.807) is 25.4 Å². The fourth-order valence-electron chi connectivity index (χ4n) is 5.41. The standard InChI is InChI=1S/C30H31N7O4/c1-17(2)24-26(18(3)10-11-32-24)37-28-22(14-20(15-31)25(33-28)21-8-6-7-9-23(21)41-5)27(34-29(37)38)36-13-12-35(30(39)40)16-19(36)4/h6-11,14,17,19H,12-13,16H2,1-5H3,(H,39,40). The van der Waals surface area contributed by atoms with Crippen molar-refractivity contribution in [2.45, 2.75) is 39.7 Å². The van der Waals surface area contributed by atoms with E-state index in [0.717, 1.165) is 11.3 Å². The van der Waals surface area contributed by atoms with Gasteiger partial charge in [0.05, 0.1) is 35.1 Å². The van der Waals surface area contributed by atoms with Crippen LogP contribution in [0.4, 0.5) is 10.6 Å². The van der Waals surface area contributed by atoms with Gasteiger partial charge in [-0.05, 0) is 49.6 Å². The molecule has 0 spiro atoms. The number of pyridine rings is 2. The summed E-state index contributed by atoms with van der Waals surface area (Å²) in [5, 5.41) is 20.3. The van der Waals surface area contributed by atoms with Crippen molar-refractivity contribution < 1.29 is 14.6 Å². The van der Waals surface area contributed by atoms with Crippen molar-refractivity contribution in [2.75, 3.05) is 31.6 Å². The molecule has 4 aromatic rings. The Balaban J connectivity index is 1.88. The predicted molar refractivity (Wildman–Crippen MR) is 155 cm³/mol. The first-order chi connectivity index (χ1) is 19.7. The number of hydrogen-bond donors (Lipinski definition) is 1. The van der Waals surface area contributed by atoms with Crippen LogP contribution in [0.1, 0.15) is 43.5 Å². The van der Waals surface area contributed by atoms with E-state index >= 15 is 0 Å². The van der Waals surface area contributed by atoms with Gasteiger partial charge in [-0.2, -0.15) is 10.2 Å². The highest BCUT2D eigenvalue weighted by molar-refractivity contribution is 5.93. The maximum atomic E-state index is 14.0. The maximum absolute atomic E-state index is 14.0. The monoisotopic (exact) mass is 553 g/mol. The van der Waals surface area contributed by atoms with E-state index in [2.05, 4.69) is 16.0 Å². The molecule has 3 aromatic heterocycles. The number of amides is 1. The topological polar surface area (TPSA) is 137 Å². The number of hydrogen-bond acceptors (Lipinski definition) is 8. The van der Waals surface area contributed by atoms with E-state index in [-0.39, 0.29) is 25.0 Å². The van der Waals surface area contributed by atoms with Gasteiger partial charge in [0.15, 0.2) is 5.65 Å². The Morgan fingerprint density at radius 1 is 1.20 bits per heavy atom. The van der Waals surface area contributed by atoms with Crippen LogP contribution in [0, 0.1) is 18.3 Å². The number of aromatic nitrogens is 4. The van der Waals surface area contributed by atoms with Crippen molar-refractivity contribution in [3.8, 4) is 28.8 Å². The molecule has 1 atom stereocenters. The minimum absolute atomic E-state index is 0.00251. The molecular formula is C30H31N7O4. The Bertz CT molecular complexity index is 1760. The average Bonchev–Trinajstić information content (AvgIpc) is 2.96. The Hall–Kier alpha value is -4.98. The summed E-state index contributed by atoms with van der Waals surface area (Å²) in [7, 11) is 1.55. The molecule has 0 bridgehead atoms. The average molecular weight is 554 g/mol. The van der Waals surface area contributed by atoms with Gasteiger partial charge in [-0.25, -0.2) is 19.1 Å². The number of aryl methyl sites for hydroxylation is 1. The van der Waals surface area contributed by atoms with Crippen LogP contribution in [0.25, 0.3) is 28.0 Å². The maximum Gasteiger partial charge on any atom is 0.407 e. The van der Waals surface area contributed by atoms with E-state index in [4.69, 9.17) is 9.72 Å². The lowest BCUT2D eigenvalue weighted by Crippen LogP contribution is -2.54. The molecule has 11 heteroatoms. The van der Waals surface area contributed by atoms with Gasteiger partial charge in [-0.1, -0.05) is 26.0 Å². The largest absolute Gasteiger partial charge is 0.496 e. The van der Waals surface area contributed by atoms with Crippen LogP contribution in [0.5, 0.6) is 5.75 Å². The van der Waals surface area contributed by atoms with E-state index in [0.29, 0.717) is 51.7 Å². The van der Waals surface area contributed by atoms with Crippen LogP contribution < -0.4 is 15.3 Å². The third kappa shape index (κ3) is 4.82. The van der Waals surface area contributed by atoms with Crippen molar-refractivity contribution in [1.29, 1.82) is 5.26 Å². The Morgan fingerprint density at radius 2 is 1.95 bits per heavy atom. The smallest absolute Gasteiger partial charge is 0.407 e. The van der Waals surface area contributed by atoms with E-state index in [9.17, 15) is 20.0 Å². The summed E-state index contributed by atoms with van der Waals surface area (Å²) in [6, 6.07) is 12.8. The summed E-state index contributed by atoms with van der Waals surface area (Å²) in [5.74, 6) is 0.905. The van der Waals surface area contributed by atoms with Crippen molar-refractivity contribution in [3.63, 3.8) is 0 Å². The van der Waals surface area contributed by atoms with Gasteiger partial charge in [0.2, 0.25) is 0 Å². The number of benzene rings is 1. The lowest BCUT2D eigenvalue weighted by molar-refractivity contribution is 0.136. The highest BCUT2D eigenvalue weighted by atomic mass is 16.5. The van der Waals surface area contributed by atoms with E-state index in [1.165, 1.54) is 9.47 Å². The Kier molecular flexibility index (Phi) is 7.32. The quantitative estimate of drug-likeness (QED) is 0.382. The van der Waals surface area contributed by atoms with Crippen LogP contribution in [0.3, 0.4) is 0 Å². The van der Waals surface area contributed by atoms with E-state index < -0.39 is 11.8 Å². The molecule has 11 nitrogen and oxygen atoms in total. The molecule has 0 radical (unpaired) electrons. The fraction of sp³-hybridized carbons (Fsp3) is 0.333. The molecule has 1 aromatic carbocycles. The second-order valence-electron chi connectivity index (χ2n) is 10.4. The van der Waals surface area contributed by atoms with Crippen LogP contribution in [0.15, 0.2) is 47.4 Å². The normalized spacial score (nSPS) is 15.3. The minimum Gasteiger partial charge on any atom is -0.496 e. The van der Waals surface area contributed by atoms with Gasteiger partial charge in [0.1, 0.15) is 17.6 Å². The third-order valence-electron chi connectivity index (χ3n) is 7.43. The molecule has 0 aliphatic carbocycles. The summed E-state index contributed by atoms with van der Waals surface area (Å²) < 4.78 is 7.06. The van der Waals surface area contributed by atoms with Crippen LogP contribution in [-0.4, -0.2) is 68.4 Å². The molecule has 1 N–H and O–H groups in total. The first-order valence-electron chi connectivity index (χ1n) is 13.4. The van der Waals surface area contributed by atoms with Crippen LogP contribution in [-0.2, 0) is 0 Å². The number of ether oxygens (including phenoxy) is 1. The summed E-state index contributed by atoms with van der Waals surface area (Å²) >= 11 is 0. The van der Waals surface area contributed by atoms with Crippen molar-refractivity contribution in [1.82, 2.24) is 24.4 Å². The molecule has 4 heterocycles. The molecule has 5 rings (SSSR count). The highest BCUT2D eigenvalue weighted by Crippen LogP contribution is 2.36. The summed E-state index contributed by atoms with van der Waals surface area (Å²) in [4.78, 5) is 43.0. The molecule has 1 aliphatic heterocycles. The van der Waals surface area contributed by atoms with Gasteiger partial charge < -0.3 is 19.6 Å². The number of nitrogens with zero attached hydrogens (tertiary/aromatic N) is 7. The second-order valence-corrected chi connectivity index (χ2v) is 10.4. The van der Waals surface area contributed by atoms with Gasteiger partial charge in [0.25, 0.3) is 0 Å². The molecule has 1 amide bonds. The number of rotatable bonds is 5. The number of fused-ring (bicyclic) bond motifs is 1. The second kappa shape index (κ2) is 10.9. The Labute approximate surface area is 237 Å². The first-order valence-corrected chi connectivity index (χ1v) is 13.4. The van der Waals surface area contributed by atoms with Gasteiger partial charge in [-0.3, -0.25) is 4.98 Å². The van der Waals surface area contributed by atoms with Crippen molar-refractivity contribution >= 4 is 22.9 Å². The van der Waals surface area contributed by atoms with Crippen LogP contribution in [0.2, 0.25) is 0 Å². The van der Waals surface area contributed by atoms with E-state index in [1.807, 2.05) is 56.9 Å². The highest BCUT2D eigenvalue weighted by Gasteiger charge is 2.31. The number of para-hydroxylation sites is 1. The molecular weight excluding hydrogens is 522 g/mol. The molecule has 41 heavy (non-hydrogen) atoms. The first kappa shape index (κ1) is 27.6. The Morgan fingerprint density at radius 3 is 2.61 bits per heavy atom. The van der Waals surface area contributed by atoms with Gasteiger partial charge in [-0.15, -0.1) is 0 Å². The predicted octanol–water partition coefficient (Wildman–Crippen LogP) is 4.34. The SMILES string of the molecule is COc1ccccc1-c1nc2c(cc1C#N)c(N1CCN(C(=O)O)CC1C)nc(=O)n2-c1c(C)ccnc1C(C)C. The van der Waals surface area contributed by atoms with Gasteiger partial charge >= 0.3 is 11.8 Å². The number of methoxy groups -OCH3 is 1. The molecule has 1 aliphatic rings. The zero-order valence-corrected chi connectivity index (χ0v) is 23.6. The number of nitriles is 1. The number of piperazine rings is 1. The zero-order chi connectivity index (χ0) is 29.4. The number of carbonyl (C=O) groups is 1. The van der Waals surface area contributed by atoms with Crippen molar-refractivity contribution in [2.24, 2.45) is 0 Å². The third-order valence-corrected chi connectivity index (χ3v) is 7.43.